The number of carbonyl (C=O) groups excluding carboxylic acids is 3. The van der Waals surface area contributed by atoms with Gasteiger partial charge in [0.2, 0.25) is 5.91 Å². The minimum Gasteiger partial charge on any atom is -0.381 e. The predicted octanol–water partition coefficient (Wildman–Crippen LogP) is 2.63. The molecule has 11 heteroatoms. The van der Waals surface area contributed by atoms with E-state index in [1.54, 1.807) is 9.80 Å². The van der Waals surface area contributed by atoms with Gasteiger partial charge in [-0.1, -0.05) is 12.8 Å². The molecule has 0 aromatic carbocycles. The Hall–Kier alpha value is -2.97. The smallest absolute Gasteiger partial charge is 0.276 e. The third-order valence-corrected chi connectivity index (χ3v) is 11.6. The monoisotopic (exact) mass is 589 g/mol. The van der Waals surface area contributed by atoms with E-state index < -0.39 is 12.1 Å². The molecule has 0 spiro atoms. The second-order valence-electron chi connectivity index (χ2n) is 14.1. The second kappa shape index (κ2) is 10.6. The van der Waals surface area contributed by atoms with Crippen molar-refractivity contribution in [3.63, 3.8) is 0 Å². The molecular formula is C32H43N7O4. The van der Waals surface area contributed by atoms with E-state index in [0.29, 0.717) is 43.3 Å². The Balaban J connectivity index is 1.19. The van der Waals surface area contributed by atoms with Crippen LogP contribution in [0.1, 0.15) is 106 Å². The van der Waals surface area contributed by atoms with Crippen LogP contribution in [0.25, 0.3) is 0 Å². The van der Waals surface area contributed by atoms with E-state index in [9.17, 15) is 19.6 Å². The maximum Gasteiger partial charge on any atom is 0.276 e. The molecule has 11 nitrogen and oxygen atoms in total. The third kappa shape index (κ3) is 4.50. The first kappa shape index (κ1) is 27.6. The van der Waals surface area contributed by atoms with Crippen molar-refractivity contribution in [3.05, 3.63) is 11.3 Å². The molecule has 230 valence electrons. The Bertz CT molecular complexity index is 1350. The van der Waals surface area contributed by atoms with E-state index in [-0.39, 0.29) is 47.7 Å². The lowest BCUT2D eigenvalue weighted by molar-refractivity contribution is -0.129. The lowest BCUT2D eigenvalue weighted by Gasteiger charge is -2.40. The van der Waals surface area contributed by atoms with Crippen LogP contribution in [-0.4, -0.2) is 82.4 Å². The molecule has 2 N–H and O–H groups in total. The maximum absolute atomic E-state index is 14.4. The second-order valence-corrected chi connectivity index (χ2v) is 14.1. The highest BCUT2D eigenvalue weighted by Gasteiger charge is 2.57. The van der Waals surface area contributed by atoms with Crippen molar-refractivity contribution in [2.75, 3.05) is 24.7 Å². The van der Waals surface area contributed by atoms with Crippen LogP contribution in [-0.2, 0) is 14.3 Å². The minimum absolute atomic E-state index is 0.0157. The fourth-order valence-electron chi connectivity index (χ4n) is 9.13. The summed E-state index contributed by atoms with van der Waals surface area (Å²) in [6.45, 7) is 3.58. The summed E-state index contributed by atoms with van der Waals surface area (Å²) in [7, 11) is 0. The molecule has 6 fully saturated rings. The first-order valence-corrected chi connectivity index (χ1v) is 16.8. The number of carbonyl (C=O) groups is 3. The number of nitrogens with one attached hydrogen (secondary N) is 2. The Morgan fingerprint density at radius 2 is 1.84 bits per heavy atom. The van der Waals surface area contributed by atoms with E-state index in [0.717, 1.165) is 69.2 Å². The lowest BCUT2D eigenvalue weighted by Crippen LogP contribution is -2.58. The first-order chi connectivity index (χ1) is 21.0. The SMILES string of the molecule is CCN1C(=O)[C@@H](NC(=O)[C@H]2C[C@@H]3CCCC[C@@H]3N2)[C@@H](C2CC2)c2c(C(=O)N3[C@H](C#N)C[C@H]4C[C@H]43)nn(C3CCOCC3)c21. The van der Waals surface area contributed by atoms with Gasteiger partial charge in [-0.2, -0.15) is 10.4 Å². The highest BCUT2D eigenvalue weighted by molar-refractivity contribution is 6.06. The first-order valence-electron chi connectivity index (χ1n) is 16.8. The molecule has 0 unspecified atom stereocenters. The zero-order chi connectivity index (χ0) is 29.4. The molecule has 3 saturated carbocycles. The summed E-state index contributed by atoms with van der Waals surface area (Å²) >= 11 is 0. The number of anilines is 1. The van der Waals surface area contributed by atoms with E-state index in [1.807, 2.05) is 11.6 Å². The van der Waals surface area contributed by atoms with Crippen LogP contribution in [0, 0.1) is 29.1 Å². The van der Waals surface area contributed by atoms with Crippen LogP contribution >= 0.6 is 0 Å². The van der Waals surface area contributed by atoms with E-state index in [4.69, 9.17) is 9.84 Å². The number of hydrogen-bond acceptors (Lipinski definition) is 7. The average Bonchev–Trinajstić information content (AvgIpc) is 3.89. The number of hydrogen-bond donors (Lipinski definition) is 2. The van der Waals surface area contributed by atoms with Crippen LogP contribution in [0.15, 0.2) is 0 Å². The molecule has 3 amide bonds. The molecule has 0 bridgehead atoms. The lowest BCUT2D eigenvalue weighted by atomic mass is 9.82. The topological polar surface area (TPSA) is 133 Å². The summed E-state index contributed by atoms with van der Waals surface area (Å²) in [6, 6.07) is 1.37. The van der Waals surface area contributed by atoms with Crippen molar-refractivity contribution in [2.45, 2.75) is 120 Å². The molecule has 0 radical (unpaired) electrons. The van der Waals surface area contributed by atoms with Gasteiger partial charge >= 0.3 is 0 Å². The normalized spacial score (nSPS) is 37.0. The third-order valence-electron chi connectivity index (χ3n) is 11.6. The number of rotatable bonds is 6. The maximum atomic E-state index is 14.4. The van der Waals surface area contributed by atoms with E-state index in [2.05, 4.69) is 16.7 Å². The zero-order valence-electron chi connectivity index (χ0n) is 25.0. The standard InChI is InChI=1S/C32H43N7O4/c1-2-37-30-26(25(17-7-8-17)27(31(37)41)35-29(40)23-14-18-5-3-4-6-22(18)34-23)28(36-39(30)20-9-11-43-12-10-20)32(42)38-21(16-33)13-19-15-24(19)38/h17-25,27,34H,2-15H2,1H3,(H,35,40)/t18-,19-,21-,22-,23+,24+,25-,27-/m0/s1. The van der Waals surface area contributed by atoms with Gasteiger partial charge in [0.05, 0.1) is 18.2 Å². The van der Waals surface area contributed by atoms with Crippen LogP contribution in [0.4, 0.5) is 5.82 Å². The summed E-state index contributed by atoms with van der Waals surface area (Å²) in [4.78, 5) is 46.2. The summed E-state index contributed by atoms with van der Waals surface area (Å²) in [5.41, 5.74) is 1.18. The van der Waals surface area contributed by atoms with Crippen molar-refractivity contribution in [1.29, 1.82) is 5.26 Å². The number of likely N-dealkylation sites (N-methyl/N-ethyl adjacent to an activating group) is 1. The van der Waals surface area contributed by atoms with Crippen LogP contribution in [0.3, 0.4) is 0 Å². The van der Waals surface area contributed by atoms with Crippen molar-refractivity contribution >= 4 is 23.5 Å². The predicted molar refractivity (Wildman–Crippen MR) is 156 cm³/mol. The molecule has 43 heavy (non-hydrogen) atoms. The van der Waals surface area contributed by atoms with E-state index >= 15 is 0 Å². The molecule has 8 atom stereocenters. The number of fused-ring (bicyclic) bond motifs is 3. The van der Waals surface area contributed by atoms with E-state index in [1.165, 1.54) is 12.8 Å². The molecule has 8 rings (SSSR count). The van der Waals surface area contributed by atoms with Crippen LogP contribution < -0.4 is 15.5 Å². The number of likely N-dealkylation sites (tertiary alicyclic amines) is 1. The van der Waals surface area contributed by atoms with Gasteiger partial charge in [-0.25, -0.2) is 4.68 Å². The van der Waals surface area contributed by atoms with Gasteiger partial charge in [0.15, 0.2) is 5.69 Å². The van der Waals surface area contributed by atoms with Gasteiger partial charge in [-0.3, -0.25) is 19.3 Å². The highest BCUT2D eigenvalue weighted by atomic mass is 16.5. The zero-order valence-corrected chi connectivity index (χ0v) is 25.0. The largest absolute Gasteiger partial charge is 0.381 e. The van der Waals surface area contributed by atoms with Crippen LogP contribution in [0.5, 0.6) is 0 Å². The molecule has 4 aliphatic heterocycles. The molecule has 5 heterocycles. The Morgan fingerprint density at radius 1 is 1.05 bits per heavy atom. The summed E-state index contributed by atoms with van der Waals surface area (Å²) < 4.78 is 7.59. The fraction of sp³-hybridized carbons (Fsp3) is 0.781. The van der Waals surface area contributed by atoms with Crippen LogP contribution in [0.2, 0.25) is 0 Å². The Kier molecular flexibility index (Phi) is 6.79. The summed E-state index contributed by atoms with van der Waals surface area (Å²) in [6.07, 6.45) is 10.6. The Morgan fingerprint density at radius 3 is 2.56 bits per heavy atom. The van der Waals surface area contributed by atoms with Gasteiger partial charge in [-0.05, 0) is 82.5 Å². The number of ether oxygens (including phenoxy) is 1. The number of amides is 3. The number of piperidine rings is 1. The summed E-state index contributed by atoms with van der Waals surface area (Å²) in [5.74, 6) is 1.11. The molecule has 7 aliphatic rings. The molecule has 3 aliphatic carbocycles. The molecule has 3 saturated heterocycles. The van der Waals surface area contributed by atoms with Crippen molar-refractivity contribution in [1.82, 2.24) is 25.3 Å². The van der Waals surface area contributed by atoms with Gasteiger partial charge in [-0.15, -0.1) is 0 Å². The van der Waals surface area contributed by atoms with Gasteiger partial charge in [0.1, 0.15) is 17.9 Å². The van der Waals surface area contributed by atoms with Crippen molar-refractivity contribution in [3.8, 4) is 6.07 Å². The van der Waals surface area contributed by atoms with Crippen molar-refractivity contribution in [2.24, 2.45) is 17.8 Å². The number of nitrogens with zero attached hydrogens (tertiary/aromatic N) is 5. The number of nitriles is 1. The Labute approximate surface area is 252 Å². The van der Waals surface area contributed by atoms with Gasteiger partial charge in [0.25, 0.3) is 11.8 Å². The minimum atomic E-state index is -0.741. The quantitative estimate of drug-likeness (QED) is 0.521. The average molecular weight is 590 g/mol. The molecule has 1 aromatic heterocycles. The fourth-order valence-corrected chi connectivity index (χ4v) is 9.13. The van der Waals surface area contributed by atoms with Gasteiger partial charge in [0, 0.05) is 43.3 Å². The summed E-state index contributed by atoms with van der Waals surface area (Å²) in [5, 5.41) is 21.8. The highest BCUT2D eigenvalue weighted by Crippen LogP contribution is 2.53. The van der Waals surface area contributed by atoms with Crippen molar-refractivity contribution < 1.29 is 19.1 Å². The molecular weight excluding hydrogens is 546 g/mol. The molecule has 1 aromatic rings. The number of aromatic nitrogens is 2. The van der Waals surface area contributed by atoms with Gasteiger partial charge < -0.3 is 20.3 Å².